The number of para-hydroxylation sites is 1. The number of carbonyl (C=O) groups is 20. The molecule has 3 aliphatic heterocycles. The molecule has 0 spiro atoms. The van der Waals surface area contributed by atoms with Crippen LogP contribution in [0.3, 0.4) is 0 Å². The lowest BCUT2D eigenvalue weighted by Gasteiger charge is -2.37. The fraction of sp³-hybridized carbons (Fsp3) is 0.626. The Morgan fingerprint density at radius 1 is 0.500 bits per heavy atom. The second kappa shape index (κ2) is 47.4. The molecule has 16 unspecified atom stereocenters. The molecule has 3 aliphatic rings. The summed E-state index contributed by atoms with van der Waals surface area (Å²) in [4.78, 5) is 282. The van der Waals surface area contributed by atoms with E-state index in [0.29, 0.717) is 11.1 Å². The minimum atomic E-state index is -1.95. The van der Waals surface area contributed by atoms with Crippen molar-refractivity contribution in [2.24, 2.45) is 23.3 Å². The highest BCUT2D eigenvalue weighted by Gasteiger charge is 2.51. The molecule has 23 N–H and O–H groups in total. The molecule has 18 amide bonds. The van der Waals surface area contributed by atoms with Crippen LogP contribution in [0, 0.1) is 11.8 Å². The van der Waals surface area contributed by atoms with Crippen molar-refractivity contribution >= 4 is 129 Å². The van der Waals surface area contributed by atoms with Crippen LogP contribution < -0.4 is 91.2 Å². The topological polar surface area (TPSA) is 657 Å². The molecular weight excluding hydrogens is 1740 g/mol. The monoisotopic (exact) mass is 1880 g/mol. The van der Waals surface area contributed by atoms with Crippen LogP contribution in [-0.2, 0) is 109 Å². The number of aromatic amines is 1. The van der Waals surface area contributed by atoms with E-state index in [-0.39, 0.29) is 89.5 Å². The van der Waals surface area contributed by atoms with E-state index in [1.54, 1.807) is 78.1 Å². The fourth-order valence-corrected chi connectivity index (χ4v) is 16.0. The molecule has 740 valence electrons. The maximum atomic E-state index is 14.8. The molecule has 3 fully saturated rings. The van der Waals surface area contributed by atoms with E-state index >= 15 is 0 Å². The van der Waals surface area contributed by atoms with Gasteiger partial charge in [0.1, 0.15) is 88.6 Å². The number of benzene rings is 2. The molecule has 6 rings (SSSR count). The van der Waals surface area contributed by atoms with Crippen molar-refractivity contribution in [2.45, 2.75) is 333 Å². The molecule has 4 heterocycles. The first-order valence-electron chi connectivity index (χ1n) is 45.3. The van der Waals surface area contributed by atoms with Gasteiger partial charge < -0.3 is 116 Å². The van der Waals surface area contributed by atoms with Crippen molar-refractivity contribution in [1.82, 2.24) is 94.5 Å². The van der Waals surface area contributed by atoms with Gasteiger partial charge in [0.15, 0.2) is 5.78 Å². The summed E-state index contributed by atoms with van der Waals surface area (Å²) in [5.74, 6) is -18.5. The third kappa shape index (κ3) is 30.2. The van der Waals surface area contributed by atoms with Gasteiger partial charge in [-0.3, -0.25) is 101 Å². The Kier molecular flexibility index (Phi) is 39.0. The van der Waals surface area contributed by atoms with E-state index in [9.17, 15) is 111 Å². The Morgan fingerprint density at radius 2 is 1.01 bits per heavy atom. The minimum absolute atomic E-state index is 0.0100. The van der Waals surface area contributed by atoms with Crippen LogP contribution in [0.5, 0.6) is 0 Å². The zero-order valence-electron chi connectivity index (χ0n) is 79.7. The van der Waals surface area contributed by atoms with E-state index in [4.69, 9.17) is 11.5 Å². The number of β-amino-alcohol motifs (C(OH)–C–C–N with tert-alkyl or cyclic N) is 1. The van der Waals surface area contributed by atoms with Gasteiger partial charge in [0, 0.05) is 69.2 Å². The van der Waals surface area contributed by atoms with Crippen molar-refractivity contribution in [1.29, 1.82) is 0 Å². The maximum absolute atomic E-state index is 14.8. The van der Waals surface area contributed by atoms with E-state index < -0.39 is 268 Å². The molecule has 2 aromatic carbocycles. The largest absolute Gasteiger partial charge is 0.480 e. The standard InChI is InChI=1S/C91H138N20O23/c1-19-48(6)68(103-82(131)87(11,12)104-74(123)59(36-38-66(93)116)100-83(132)91(18,21-3)108-76(125)62(96-50(8)113)42-52-44-94-55-31-26-25-30-54(52)55)79(128)102-69(49(7)112)80(129)107-86(9,10)81(130)101-60(40-47(4)5)75(124)106-88(13,14)84(133)110-39-27-32-63(110)77(126)98-58(35-37-65(92)115)73(122)105-89(15,16)85(134)111-46-53(114)43-64(111)78(127)109-90(17,20-2)70(119)56-33-34-57(97-56)72(121)99-61(71(120)95-45-67(117)118)41-51-28-23-22-24-29-51/h22-26,28-31,44,47-49,53,56-64,68-69,94,97,112,114H,19-21,27,32-43,45-46H2,1-18H3,(H2,92,115)(H2,93,116)(H,95,120)(H,96,113)(H,98,126)(H,99,121)(H,100,132)(H,101,130)(H,102,128)(H,103,131)(H,104,123)(H,105,122)(H,106,124)(H,107,129)(H,108,125)(H,109,127)(H,117,118). The normalized spacial score (nSPS) is 19.2. The summed E-state index contributed by atoms with van der Waals surface area (Å²) in [6.45, 7) is 24.4. The van der Waals surface area contributed by atoms with Crippen LogP contribution in [0.2, 0.25) is 0 Å². The van der Waals surface area contributed by atoms with Gasteiger partial charge in [0.25, 0.3) is 0 Å². The number of likely N-dealkylation sites (tertiary alicyclic amines) is 2. The zero-order valence-corrected chi connectivity index (χ0v) is 79.7. The number of aliphatic hydroxyl groups is 2. The highest BCUT2D eigenvalue weighted by atomic mass is 16.4. The number of carboxylic acids is 1. The molecule has 43 nitrogen and oxygen atoms in total. The lowest BCUT2D eigenvalue weighted by Crippen LogP contribution is -2.66. The van der Waals surface area contributed by atoms with Gasteiger partial charge >= 0.3 is 5.97 Å². The Hall–Kier alpha value is -12.5. The SMILES string of the molecule is CCC(C)C(NC(=O)C(C)(C)NC(=O)C(CCC(N)=O)NC(=O)C(C)(CC)NC(=O)C(Cc1c[nH]c2ccccc12)NC(C)=O)C(=O)NC(C(=O)NC(C)(C)C(=O)NC(CC(C)C)C(=O)NC(C)(C)C(=O)N1CCCC1C(=O)NC(CCC(N)=O)C(=O)NC(C)(C)C(=O)N1CC(O)CC1C(=O)NC(C)(CC)C(=O)C1CCC(C(=O)NC(Cc2ccccc2)C(=O)NCC(=O)O)N1)C(C)O. The number of aromatic nitrogens is 1. The first kappa shape index (κ1) is 110. The summed E-state index contributed by atoms with van der Waals surface area (Å²) in [5, 5.41) is 71.4. The molecule has 1 aromatic heterocycles. The molecular formula is C91H138N20O23. The average molecular weight is 1880 g/mol. The lowest BCUT2D eigenvalue weighted by atomic mass is 9.87. The van der Waals surface area contributed by atoms with Crippen LogP contribution in [-0.4, -0.2) is 280 Å². The third-order valence-corrected chi connectivity index (χ3v) is 24.6. The van der Waals surface area contributed by atoms with E-state index in [2.05, 4.69) is 84.7 Å². The highest BCUT2D eigenvalue weighted by Crippen LogP contribution is 2.30. The van der Waals surface area contributed by atoms with Crippen LogP contribution in [0.15, 0.2) is 60.8 Å². The van der Waals surface area contributed by atoms with Gasteiger partial charge in [0.05, 0.1) is 29.8 Å². The maximum Gasteiger partial charge on any atom is 0.322 e. The van der Waals surface area contributed by atoms with Crippen LogP contribution in [0.1, 0.15) is 219 Å². The number of primary amides is 2. The molecule has 0 aliphatic carbocycles. The Morgan fingerprint density at radius 3 is 1.56 bits per heavy atom. The summed E-state index contributed by atoms with van der Waals surface area (Å²) < 4.78 is 0. The number of carboxylic acid groups (broad SMARTS) is 1. The molecule has 0 saturated carbocycles. The van der Waals surface area contributed by atoms with Gasteiger partial charge in [-0.15, -0.1) is 0 Å². The van der Waals surface area contributed by atoms with E-state index in [1.165, 1.54) is 88.0 Å². The van der Waals surface area contributed by atoms with Gasteiger partial charge in [0.2, 0.25) is 106 Å². The van der Waals surface area contributed by atoms with E-state index in [1.807, 2.05) is 24.3 Å². The summed E-state index contributed by atoms with van der Waals surface area (Å²) in [6.07, 6.45) is -2.54. The molecule has 43 heteroatoms. The number of nitrogens with zero attached hydrogens (tertiary/aromatic N) is 2. The molecule has 3 saturated heterocycles. The lowest BCUT2D eigenvalue weighted by molar-refractivity contribution is -0.147. The zero-order chi connectivity index (χ0) is 101. The van der Waals surface area contributed by atoms with Crippen molar-refractivity contribution in [3.63, 3.8) is 0 Å². The smallest absolute Gasteiger partial charge is 0.322 e. The second-order valence-corrected chi connectivity index (χ2v) is 38.0. The second-order valence-electron chi connectivity index (χ2n) is 38.0. The quantitative estimate of drug-likeness (QED) is 0.0275. The number of aliphatic hydroxyl groups excluding tert-OH is 2. The number of hydrogen-bond donors (Lipinski definition) is 21. The molecule has 0 radical (unpaired) electrons. The number of fused-ring (bicyclic) bond motifs is 1. The Labute approximate surface area is 779 Å². The van der Waals surface area contributed by atoms with Gasteiger partial charge in [-0.25, -0.2) is 0 Å². The number of H-pyrrole nitrogens is 1. The molecule has 3 aromatic rings. The van der Waals surface area contributed by atoms with Gasteiger partial charge in [-0.1, -0.05) is 96.5 Å². The third-order valence-electron chi connectivity index (χ3n) is 24.6. The van der Waals surface area contributed by atoms with Crippen molar-refractivity contribution in [3.05, 3.63) is 71.9 Å². The number of amides is 18. The van der Waals surface area contributed by atoms with Crippen molar-refractivity contribution in [2.75, 3.05) is 19.6 Å². The molecule has 134 heavy (non-hydrogen) atoms. The van der Waals surface area contributed by atoms with Gasteiger partial charge in [-0.2, -0.15) is 0 Å². The first-order valence-corrected chi connectivity index (χ1v) is 45.3. The van der Waals surface area contributed by atoms with Gasteiger partial charge in [-0.05, 0) is 163 Å². The number of hydrogen-bond acceptors (Lipinski definition) is 23. The summed E-state index contributed by atoms with van der Waals surface area (Å²) >= 11 is 0. The minimum Gasteiger partial charge on any atom is -0.480 e. The van der Waals surface area contributed by atoms with Crippen LogP contribution >= 0.6 is 0 Å². The molecule has 0 bridgehead atoms. The number of nitrogens with two attached hydrogens (primary N) is 2. The fourth-order valence-electron chi connectivity index (χ4n) is 16.0. The number of carbonyl (C=O) groups excluding carboxylic acids is 19. The summed E-state index contributed by atoms with van der Waals surface area (Å²) in [6, 6.07) is 1.03. The number of aliphatic carboxylic acids is 1. The summed E-state index contributed by atoms with van der Waals surface area (Å²) in [7, 11) is 0. The molecule has 16 atom stereocenters. The average Bonchev–Trinajstić information content (AvgIpc) is 1.67. The number of rotatable bonds is 49. The number of nitrogens with one attached hydrogen (secondary N) is 16. The van der Waals surface area contributed by atoms with Crippen LogP contribution in [0.4, 0.5) is 0 Å². The first-order chi connectivity index (χ1) is 62.3. The van der Waals surface area contributed by atoms with Crippen molar-refractivity contribution < 1.29 is 111 Å². The predicted octanol–water partition coefficient (Wildman–Crippen LogP) is -2.64. The summed E-state index contributed by atoms with van der Waals surface area (Å²) in [5.41, 5.74) is 2.16. The Bertz CT molecular complexity index is 4840. The number of Topliss-reactive ketones (excluding diaryl/α,β-unsaturated/α-hetero) is 1. The van der Waals surface area contributed by atoms with E-state index in [0.717, 1.165) is 15.8 Å². The van der Waals surface area contributed by atoms with Crippen molar-refractivity contribution in [3.8, 4) is 0 Å². The predicted molar refractivity (Wildman–Crippen MR) is 488 cm³/mol. The Balaban J connectivity index is 1.07. The number of ketones is 1. The highest BCUT2D eigenvalue weighted by molar-refractivity contribution is 6.05. The van der Waals surface area contributed by atoms with Crippen LogP contribution in [0.25, 0.3) is 10.9 Å².